The fraction of sp³-hybridized carbons (Fsp3) is 0.423. The SMILES string of the molecule is O=C(/C=C/c1cnc2c(c1)CC1(CCCCC1)C(=O)N2)N1CC=C(Cc2cccs2)CC1. The molecular formula is C26H29N3O2S. The van der Waals surface area contributed by atoms with Gasteiger partial charge in [-0.3, -0.25) is 9.59 Å². The summed E-state index contributed by atoms with van der Waals surface area (Å²) < 4.78 is 0. The minimum absolute atomic E-state index is 0.0335. The second kappa shape index (κ2) is 9.02. The fourth-order valence-corrected chi connectivity index (χ4v) is 5.92. The Morgan fingerprint density at radius 3 is 2.91 bits per heavy atom. The maximum absolute atomic E-state index is 12.7. The lowest BCUT2D eigenvalue weighted by Gasteiger charge is -2.39. The molecule has 0 aromatic carbocycles. The molecule has 2 amide bonds. The van der Waals surface area contributed by atoms with Gasteiger partial charge in [-0.2, -0.15) is 0 Å². The van der Waals surface area contributed by atoms with Crippen molar-refractivity contribution in [3.8, 4) is 0 Å². The Kier molecular flexibility index (Phi) is 5.96. The molecule has 166 valence electrons. The van der Waals surface area contributed by atoms with Gasteiger partial charge in [0.15, 0.2) is 0 Å². The molecule has 32 heavy (non-hydrogen) atoms. The van der Waals surface area contributed by atoms with E-state index in [1.165, 1.54) is 16.9 Å². The van der Waals surface area contributed by atoms with Crippen molar-refractivity contribution in [1.29, 1.82) is 0 Å². The third kappa shape index (κ3) is 4.42. The predicted octanol–water partition coefficient (Wildman–Crippen LogP) is 5.00. The number of anilines is 1. The molecule has 1 N–H and O–H groups in total. The number of thiophene rings is 1. The lowest BCUT2D eigenvalue weighted by Crippen LogP contribution is -2.43. The van der Waals surface area contributed by atoms with Crippen LogP contribution in [0, 0.1) is 5.41 Å². The molecule has 1 aliphatic carbocycles. The molecule has 2 aromatic rings. The molecule has 1 saturated carbocycles. The van der Waals surface area contributed by atoms with Crippen LogP contribution >= 0.6 is 11.3 Å². The summed E-state index contributed by atoms with van der Waals surface area (Å²) in [6, 6.07) is 6.33. The highest BCUT2D eigenvalue weighted by molar-refractivity contribution is 7.09. The predicted molar refractivity (Wildman–Crippen MR) is 128 cm³/mol. The Bertz CT molecular complexity index is 1060. The normalized spacial score (nSPS) is 20.2. The number of hydrogen-bond acceptors (Lipinski definition) is 4. The van der Waals surface area contributed by atoms with Crippen LogP contribution in [0.2, 0.25) is 0 Å². The second-order valence-electron chi connectivity index (χ2n) is 9.23. The summed E-state index contributed by atoms with van der Waals surface area (Å²) in [5, 5.41) is 5.14. The van der Waals surface area contributed by atoms with Crippen LogP contribution < -0.4 is 5.32 Å². The number of nitrogens with zero attached hydrogens (tertiary/aromatic N) is 2. The number of amides is 2. The summed E-state index contributed by atoms with van der Waals surface area (Å²) in [6.45, 7) is 1.43. The molecule has 1 spiro atoms. The lowest BCUT2D eigenvalue weighted by molar-refractivity contribution is -0.128. The number of carbonyl (C=O) groups is 2. The van der Waals surface area contributed by atoms with Crippen LogP contribution in [-0.2, 0) is 22.4 Å². The van der Waals surface area contributed by atoms with Gasteiger partial charge >= 0.3 is 0 Å². The van der Waals surface area contributed by atoms with Gasteiger partial charge in [-0.1, -0.05) is 37.0 Å². The maximum atomic E-state index is 12.7. The summed E-state index contributed by atoms with van der Waals surface area (Å²) in [4.78, 5) is 33.1. The summed E-state index contributed by atoms with van der Waals surface area (Å²) in [5.41, 5.74) is 3.13. The average molecular weight is 448 g/mol. The van der Waals surface area contributed by atoms with Gasteiger partial charge in [0.1, 0.15) is 5.82 Å². The Balaban J connectivity index is 1.23. The number of nitrogens with one attached hydrogen (secondary N) is 1. The first kappa shape index (κ1) is 21.1. The minimum atomic E-state index is -0.272. The van der Waals surface area contributed by atoms with Crippen LogP contribution in [0.3, 0.4) is 0 Å². The van der Waals surface area contributed by atoms with E-state index in [1.807, 2.05) is 11.0 Å². The van der Waals surface area contributed by atoms with E-state index in [0.29, 0.717) is 12.4 Å². The van der Waals surface area contributed by atoms with Gasteiger partial charge in [0.25, 0.3) is 0 Å². The van der Waals surface area contributed by atoms with Crippen molar-refractivity contribution in [2.75, 3.05) is 18.4 Å². The second-order valence-corrected chi connectivity index (χ2v) is 10.3. The zero-order valence-electron chi connectivity index (χ0n) is 18.3. The third-order valence-corrected chi connectivity index (χ3v) is 7.93. The van der Waals surface area contributed by atoms with Crippen molar-refractivity contribution in [1.82, 2.24) is 9.88 Å². The van der Waals surface area contributed by atoms with E-state index in [-0.39, 0.29) is 17.2 Å². The molecule has 2 aliphatic heterocycles. The molecule has 2 aromatic heterocycles. The fourth-order valence-electron chi connectivity index (χ4n) is 5.17. The lowest BCUT2D eigenvalue weighted by atomic mass is 9.68. The van der Waals surface area contributed by atoms with E-state index in [2.05, 4.69) is 40.0 Å². The molecule has 6 heteroatoms. The maximum Gasteiger partial charge on any atom is 0.246 e. The number of carbonyl (C=O) groups excluding carboxylic acids is 2. The van der Waals surface area contributed by atoms with Crippen LogP contribution in [0.5, 0.6) is 0 Å². The van der Waals surface area contributed by atoms with Crippen LogP contribution in [0.1, 0.15) is 54.5 Å². The van der Waals surface area contributed by atoms with Crippen molar-refractivity contribution in [3.05, 3.63) is 63.5 Å². The van der Waals surface area contributed by atoms with E-state index in [0.717, 1.165) is 62.6 Å². The van der Waals surface area contributed by atoms with Gasteiger partial charge in [0, 0.05) is 36.7 Å². The number of hydrogen-bond donors (Lipinski definition) is 1. The molecule has 0 unspecified atom stereocenters. The van der Waals surface area contributed by atoms with Gasteiger partial charge < -0.3 is 10.2 Å². The van der Waals surface area contributed by atoms with Crippen LogP contribution in [0.25, 0.3) is 6.08 Å². The molecular weight excluding hydrogens is 418 g/mol. The van der Waals surface area contributed by atoms with E-state index in [1.54, 1.807) is 23.6 Å². The smallest absolute Gasteiger partial charge is 0.246 e. The summed E-state index contributed by atoms with van der Waals surface area (Å²) in [5.74, 6) is 0.840. The highest BCUT2D eigenvalue weighted by atomic mass is 32.1. The third-order valence-electron chi connectivity index (χ3n) is 7.06. The molecule has 0 radical (unpaired) electrons. The first-order valence-corrected chi connectivity index (χ1v) is 12.5. The minimum Gasteiger partial charge on any atom is -0.335 e. The van der Waals surface area contributed by atoms with Crippen LogP contribution in [0.15, 0.2) is 47.5 Å². The first-order valence-electron chi connectivity index (χ1n) is 11.6. The van der Waals surface area contributed by atoms with Crippen molar-refractivity contribution in [3.63, 3.8) is 0 Å². The zero-order valence-corrected chi connectivity index (χ0v) is 19.1. The highest BCUT2D eigenvalue weighted by Crippen LogP contribution is 2.44. The molecule has 1 fully saturated rings. The summed E-state index contributed by atoms with van der Waals surface area (Å²) in [7, 11) is 0. The number of rotatable bonds is 4. The molecule has 3 aliphatic rings. The molecule has 5 rings (SSSR count). The molecule has 0 bridgehead atoms. The van der Waals surface area contributed by atoms with E-state index < -0.39 is 0 Å². The Morgan fingerprint density at radius 2 is 2.16 bits per heavy atom. The summed E-state index contributed by atoms with van der Waals surface area (Å²) in [6.07, 6.45) is 15.5. The number of aromatic nitrogens is 1. The Hall–Kier alpha value is -2.73. The summed E-state index contributed by atoms with van der Waals surface area (Å²) >= 11 is 1.78. The molecule has 0 atom stereocenters. The van der Waals surface area contributed by atoms with Gasteiger partial charge in [-0.25, -0.2) is 4.98 Å². The topological polar surface area (TPSA) is 62.3 Å². The van der Waals surface area contributed by atoms with Crippen molar-refractivity contribution in [2.45, 2.75) is 51.4 Å². The number of pyridine rings is 1. The average Bonchev–Trinajstić information content (AvgIpc) is 3.32. The van der Waals surface area contributed by atoms with Crippen LogP contribution in [0.4, 0.5) is 5.82 Å². The molecule has 0 saturated heterocycles. The number of fused-ring (bicyclic) bond motifs is 1. The van der Waals surface area contributed by atoms with E-state index in [9.17, 15) is 9.59 Å². The van der Waals surface area contributed by atoms with Crippen molar-refractivity contribution >= 4 is 35.0 Å². The van der Waals surface area contributed by atoms with E-state index >= 15 is 0 Å². The Morgan fingerprint density at radius 1 is 1.28 bits per heavy atom. The first-order chi connectivity index (χ1) is 15.6. The van der Waals surface area contributed by atoms with Crippen molar-refractivity contribution < 1.29 is 9.59 Å². The van der Waals surface area contributed by atoms with Gasteiger partial charge in [0.05, 0.1) is 5.41 Å². The molecule has 4 heterocycles. The Labute approximate surface area is 193 Å². The van der Waals surface area contributed by atoms with Crippen LogP contribution in [-0.4, -0.2) is 34.8 Å². The van der Waals surface area contributed by atoms with Gasteiger partial charge in [0.2, 0.25) is 11.8 Å². The molecule has 5 nitrogen and oxygen atoms in total. The largest absolute Gasteiger partial charge is 0.335 e. The monoisotopic (exact) mass is 447 g/mol. The zero-order chi connectivity index (χ0) is 22.0. The van der Waals surface area contributed by atoms with Gasteiger partial charge in [-0.05, 0) is 60.4 Å². The quantitative estimate of drug-likeness (QED) is 0.530. The standard InChI is InChI=1S/C26H29N3O2S/c30-23(29-12-8-19(9-13-29)16-22-5-4-14-32-22)7-6-20-15-21-17-26(10-2-1-3-11-26)25(31)28-24(21)27-18-20/h4-8,14-15,18H,1-3,9-13,16-17H2,(H,27,28,31)/b7-6+. The highest BCUT2D eigenvalue weighted by Gasteiger charge is 2.43. The van der Waals surface area contributed by atoms with Crippen molar-refractivity contribution in [2.24, 2.45) is 5.41 Å². The van der Waals surface area contributed by atoms with E-state index in [4.69, 9.17) is 0 Å². The van der Waals surface area contributed by atoms with Gasteiger partial charge in [-0.15, -0.1) is 11.3 Å².